The standard InChI is InChI=1S/C15H15BrN2O3/c1-9-5-10(2)15(14(6-9)18(19)20)21-12-4-3-11(8-17)13(16)7-12/h3-7H,8,17H2,1-2H3. The highest BCUT2D eigenvalue weighted by Gasteiger charge is 2.19. The number of halogens is 1. The van der Waals surface area contributed by atoms with Crippen LogP contribution in [0.2, 0.25) is 0 Å². The van der Waals surface area contributed by atoms with Crippen molar-refractivity contribution in [3.63, 3.8) is 0 Å². The van der Waals surface area contributed by atoms with Crippen molar-refractivity contribution in [3.05, 3.63) is 61.6 Å². The van der Waals surface area contributed by atoms with Gasteiger partial charge in [0.1, 0.15) is 5.75 Å². The van der Waals surface area contributed by atoms with Gasteiger partial charge in [-0.2, -0.15) is 0 Å². The molecule has 0 amide bonds. The zero-order chi connectivity index (χ0) is 15.6. The van der Waals surface area contributed by atoms with Crippen LogP contribution in [0.15, 0.2) is 34.8 Å². The molecule has 0 aliphatic carbocycles. The van der Waals surface area contributed by atoms with Gasteiger partial charge in [-0.3, -0.25) is 10.1 Å². The Morgan fingerprint density at radius 3 is 2.57 bits per heavy atom. The van der Waals surface area contributed by atoms with Crippen molar-refractivity contribution in [3.8, 4) is 11.5 Å². The summed E-state index contributed by atoms with van der Waals surface area (Å²) >= 11 is 3.40. The van der Waals surface area contributed by atoms with E-state index in [0.717, 1.165) is 21.2 Å². The predicted octanol–water partition coefficient (Wildman–Crippen LogP) is 4.23. The molecule has 2 N–H and O–H groups in total. The van der Waals surface area contributed by atoms with Gasteiger partial charge in [0.25, 0.3) is 0 Å². The van der Waals surface area contributed by atoms with E-state index >= 15 is 0 Å². The first kappa shape index (κ1) is 15.5. The zero-order valence-corrected chi connectivity index (χ0v) is 13.3. The van der Waals surface area contributed by atoms with Crippen molar-refractivity contribution < 1.29 is 9.66 Å². The number of nitrogens with zero attached hydrogens (tertiary/aromatic N) is 1. The first-order chi connectivity index (χ1) is 9.92. The van der Waals surface area contributed by atoms with Crippen molar-refractivity contribution in [2.24, 2.45) is 5.73 Å². The second kappa shape index (κ2) is 6.24. The summed E-state index contributed by atoms with van der Waals surface area (Å²) in [7, 11) is 0. The lowest BCUT2D eigenvalue weighted by Crippen LogP contribution is -1.99. The zero-order valence-electron chi connectivity index (χ0n) is 11.7. The third kappa shape index (κ3) is 3.40. The Balaban J connectivity index is 2.44. The van der Waals surface area contributed by atoms with Gasteiger partial charge in [0.15, 0.2) is 0 Å². The van der Waals surface area contributed by atoms with E-state index in [1.165, 1.54) is 6.07 Å². The minimum absolute atomic E-state index is 0.0356. The molecule has 0 aromatic heterocycles. The summed E-state index contributed by atoms with van der Waals surface area (Å²) in [4.78, 5) is 10.8. The first-order valence-electron chi connectivity index (χ1n) is 6.34. The van der Waals surface area contributed by atoms with Gasteiger partial charge in [0.2, 0.25) is 5.75 Å². The van der Waals surface area contributed by atoms with Crippen LogP contribution in [0.25, 0.3) is 0 Å². The molecule has 0 heterocycles. The fourth-order valence-electron chi connectivity index (χ4n) is 2.08. The molecule has 6 heteroatoms. The van der Waals surface area contributed by atoms with Crippen LogP contribution < -0.4 is 10.5 Å². The van der Waals surface area contributed by atoms with E-state index in [1.54, 1.807) is 19.1 Å². The van der Waals surface area contributed by atoms with E-state index in [9.17, 15) is 10.1 Å². The SMILES string of the molecule is Cc1cc(C)c(Oc2ccc(CN)c(Br)c2)c([N+](=O)[O-])c1. The molecular weight excluding hydrogens is 336 g/mol. The Hall–Kier alpha value is -1.92. The monoisotopic (exact) mass is 350 g/mol. The van der Waals surface area contributed by atoms with E-state index in [1.807, 2.05) is 19.1 Å². The van der Waals surface area contributed by atoms with Gasteiger partial charge in [0, 0.05) is 17.1 Å². The summed E-state index contributed by atoms with van der Waals surface area (Å²) in [6.45, 7) is 4.01. The number of hydrogen-bond acceptors (Lipinski definition) is 4. The molecule has 0 saturated heterocycles. The van der Waals surface area contributed by atoms with Crippen molar-refractivity contribution in [2.45, 2.75) is 20.4 Å². The van der Waals surface area contributed by atoms with Crippen LogP contribution in [-0.2, 0) is 6.54 Å². The lowest BCUT2D eigenvalue weighted by molar-refractivity contribution is -0.385. The Morgan fingerprint density at radius 1 is 1.29 bits per heavy atom. The number of aryl methyl sites for hydroxylation is 2. The Bertz CT molecular complexity index is 702. The lowest BCUT2D eigenvalue weighted by Gasteiger charge is -2.11. The van der Waals surface area contributed by atoms with Gasteiger partial charge >= 0.3 is 5.69 Å². The average Bonchev–Trinajstić information content (AvgIpc) is 2.41. The van der Waals surface area contributed by atoms with Gasteiger partial charge in [0.05, 0.1) is 4.92 Å². The number of nitro groups is 1. The van der Waals surface area contributed by atoms with Gasteiger partial charge < -0.3 is 10.5 Å². The fourth-order valence-corrected chi connectivity index (χ4v) is 2.59. The van der Waals surface area contributed by atoms with Gasteiger partial charge in [-0.25, -0.2) is 0 Å². The number of nitrogens with two attached hydrogens (primary N) is 1. The molecule has 21 heavy (non-hydrogen) atoms. The maximum atomic E-state index is 11.2. The van der Waals surface area contributed by atoms with E-state index in [0.29, 0.717) is 12.3 Å². The molecule has 0 saturated carbocycles. The van der Waals surface area contributed by atoms with E-state index in [4.69, 9.17) is 10.5 Å². The Kier molecular flexibility index (Phi) is 4.59. The molecule has 0 spiro atoms. The molecule has 2 aromatic carbocycles. The fraction of sp³-hybridized carbons (Fsp3) is 0.200. The van der Waals surface area contributed by atoms with Crippen LogP contribution in [0.3, 0.4) is 0 Å². The molecule has 110 valence electrons. The number of ether oxygens (including phenoxy) is 1. The first-order valence-corrected chi connectivity index (χ1v) is 7.13. The van der Waals surface area contributed by atoms with Crippen LogP contribution in [0.4, 0.5) is 5.69 Å². The van der Waals surface area contributed by atoms with Crippen LogP contribution in [0, 0.1) is 24.0 Å². The predicted molar refractivity (Wildman–Crippen MR) is 84.7 cm³/mol. The third-order valence-electron chi connectivity index (χ3n) is 3.06. The molecule has 5 nitrogen and oxygen atoms in total. The molecule has 0 atom stereocenters. The second-order valence-corrected chi connectivity index (χ2v) is 5.60. The molecule has 0 fully saturated rings. The molecule has 0 radical (unpaired) electrons. The summed E-state index contributed by atoms with van der Waals surface area (Å²) in [5, 5.41) is 11.2. The molecular formula is C15H15BrN2O3. The largest absolute Gasteiger partial charge is 0.450 e. The van der Waals surface area contributed by atoms with E-state index in [-0.39, 0.29) is 11.4 Å². The van der Waals surface area contributed by atoms with Crippen molar-refractivity contribution in [1.82, 2.24) is 0 Å². The van der Waals surface area contributed by atoms with Crippen LogP contribution in [-0.4, -0.2) is 4.92 Å². The highest BCUT2D eigenvalue weighted by Crippen LogP contribution is 2.36. The summed E-state index contributed by atoms with van der Waals surface area (Å²) in [6, 6.07) is 8.69. The maximum absolute atomic E-state index is 11.2. The minimum Gasteiger partial charge on any atom is -0.450 e. The molecule has 0 aliphatic rings. The molecule has 0 unspecified atom stereocenters. The Morgan fingerprint density at radius 2 is 2.00 bits per heavy atom. The molecule has 2 aromatic rings. The minimum atomic E-state index is -0.432. The summed E-state index contributed by atoms with van der Waals surface area (Å²) in [6.07, 6.45) is 0. The highest BCUT2D eigenvalue weighted by molar-refractivity contribution is 9.10. The lowest BCUT2D eigenvalue weighted by atomic mass is 10.1. The van der Waals surface area contributed by atoms with Crippen molar-refractivity contribution in [2.75, 3.05) is 0 Å². The van der Waals surface area contributed by atoms with Crippen LogP contribution in [0.1, 0.15) is 16.7 Å². The quantitative estimate of drug-likeness (QED) is 0.661. The molecule has 0 bridgehead atoms. The van der Waals surface area contributed by atoms with Gasteiger partial charge in [-0.1, -0.05) is 28.1 Å². The van der Waals surface area contributed by atoms with Gasteiger partial charge in [-0.15, -0.1) is 0 Å². The highest BCUT2D eigenvalue weighted by atomic mass is 79.9. The molecule has 0 aliphatic heterocycles. The number of hydrogen-bond donors (Lipinski definition) is 1. The smallest absolute Gasteiger partial charge is 0.312 e. The summed E-state index contributed by atoms with van der Waals surface area (Å²) in [5.41, 5.74) is 8.05. The third-order valence-corrected chi connectivity index (χ3v) is 3.80. The number of nitro benzene ring substituents is 1. The molecule has 2 rings (SSSR count). The van der Waals surface area contributed by atoms with Crippen molar-refractivity contribution in [1.29, 1.82) is 0 Å². The van der Waals surface area contributed by atoms with Crippen molar-refractivity contribution >= 4 is 21.6 Å². The topological polar surface area (TPSA) is 78.4 Å². The number of benzene rings is 2. The maximum Gasteiger partial charge on any atom is 0.312 e. The van der Waals surface area contributed by atoms with Crippen LogP contribution in [0.5, 0.6) is 11.5 Å². The average molecular weight is 351 g/mol. The van der Waals surface area contributed by atoms with E-state index in [2.05, 4.69) is 15.9 Å². The Labute approximate surface area is 131 Å². The normalized spacial score (nSPS) is 10.5. The summed E-state index contributed by atoms with van der Waals surface area (Å²) < 4.78 is 6.54. The summed E-state index contributed by atoms with van der Waals surface area (Å²) in [5.74, 6) is 0.784. The van der Waals surface area contributed by atoms with E-state index < -0.39 is 4.92 Å². The van der Waals surface area contributed by atoms with Crippen LogP contribution >= 0.6 is 15.9 Å². The number of rotatable bonds is 4. The second-order valence-electron chi connectivity index (χ2n) is 4.75. The van der Waals surface area contributed by atoms with Gasteiger partial charge in [-0.05, 0) is 42.7 Å².